The Morgan fingerprint density at radius 3 is 2.20 bits per heavy atom. The molecule has 0 fully saturated rings. The van der Waals surface area contributed by atoms with E-state index in [0.29, 0.717) is 34.1 Å². The predicted molar refractivity (Wildman–Crippen MR) is 91.0 cm³/mol. The lowest BCUT2D eigenvalue weighted by molar-refractivity contribution is -0.137. The summed E-state index contributed by atoms with van der Waals surface area (Å²) in [7, 11) is 0. The average Bonchev–Trinajstić information content (AvgIpc) is 2.58. The molecule has 0 aliphatic carbocycles. The van der Waals surface area contributed by atoms with Crippen LogP contribution in [0.3, 0.4) is 0 Å². The van der Waals surface area contributed by atoms with Crippen molar-refractivity contribution in [2.45, 2.75) is 6.18 Å². The summed E-state index contributed by atoms with van der Waals surface area (Å²) >= 11 is 0. The van der Waals surface area contributed by atoms with Gasteiger partial charge in [-0.25, -0.2) is 9.97 Å². The monoisotopic (exact) mass is 345 g/mol. The maximum absolute atomic E-state index is 12.6. The summed E-state index contributed by atoms with van der Waals surface area (Å²) in [5.41, 5.74) is 13.3. The predicted octanol–water partition coefficient (Wildman–Crippen LogP) is 4.07. The summed E-state index contributed by atoms with van der Waals surface area (Å²) in [4.78, 5) is 8.19. The number of rotatable bonds is 3. The number of nitrogens with zero attached hydrogens (tertiary/aromatic N) is 2. The third-order valence-electron chi connectivity index (χ3n) is 3.53. The fraction of sp³-hybridized carbons (Fsp3) is 0.0588. The molecule has 0 atom stereocenters. The second kappa shape index (κ2) is 6.31. The Hall–Kier alpha value is -3.29. The van der Waals surface area contributed by atoms with E-state index in [0.717, 1.165) is 12.1 Å². The highest BCUT2D eigenvalue weighted by molar-refractivity contribution is 5.72. The first-order chi connectivity index (χ1) is 11.8. The first-order valence-electron chi connectivity index (χ1n) is 7.24. The first-order valence-corrected chi connectivity index (χ1v) is 7.24. The van der Waals surface area contributed by atoms with E-state index in [1.807, 2.05) is 0 Å². The van der Waals surface area contributed by atoms with Crippen molar-refractivity contribution in [3.05, 3.63) is 60.4 Å². The van der Waals surface area contributed by atoms with Crippen molar-refractivity contribution >= 4 is 22.9 Å². The number of aromatic nitrogens is 2. The molecule has 0 saturated carbocycles. The van der Waals surface area contributed by atoms with Gasteiger partial charge in [0.2, 0.25) is 0 Å². The Labute approximate surface area is 141 Å². The van der Waals surface area contributed by atoms with Crippen LogP contribution in [-0.2, 0) is 6.18 Å². The van der Waals surface area contributed by atoms with Crippen LogP contribution in [0.4, 0.5) is 36.1 Å². The van der Waals surface area contributed by atoms with Crippen LogP contribution in [0.1, 0.15) is 5.56 Å². The number of nitrogens with one attached hydrogen (secondary N) is 1. The van der Waals surface area contributed by atoms with Gasteiger partial charge in [0.1, 0.15) is 12.1 Å². The van der Waals surface area contributed by atoms with Gasteiger partial charge in [0.15, 0.2) is 0 Å². The molecular weight excluding hydrogens is 331 g/mol. The number of nitrogens with two attached hydrogens (primary N) is 2. The molecule has 1 heterocycles. The van der Waals surface area contributed by atoms with Gasteiger partial charge in [-0.05, 0) is 30.3 Å². The third kappa shape index (κ3) is 3.79. The quantitative estimate of drug-likeness (QED) is 0.623. The summed E-state index contributed by atoms with van der Waals surface area (Å²) in [6.07, 6.45) is -3.04. The molecule has 0 aliphatic rings. The van der Waals surface area contributed by atoms with Crippen LogP contribution >= 0.6 is 0 Å². The molecule has 8 heteroatoms. The summed E-state index contributed by atoms with van der Waals surface area (Å²) in [5.74, 6) is 0.481. The molecule has 3 aromatic rings. The van der Waals surface area contributed by atoms with Crippen molar-refractivity contribution in [2.75, 3.05) is 16.8 Å². The fourth-order valence-corrected chi connectivity index (χ4v) is 2.21. The normalized spacial score (nSPS) is 11.3. The maximum Gasteiger partial charge on any atom is 0.416 e. The van der Waals surface area contributed by atoms with E-state index in [9.17, 15) is 13.2 Å². The molecule has 0 aliphatic heterocycles. The number of benzene rings is 2. The SMILES string of the molecule is Nc1ccc(Nc2cc(-c3ccc(C(F)(F)F)cc3)ncn2)cc1N. The maximum atomic E-state index is 12.6. The summed E-state index contributed by atoms with van der Waals surface area (Å²) in [6.45, 7) is 0. The van der Waals surface area contributed by atoms with Gasteiger partial charge in [0.25, 0.3) is 0 Å². The molecule has 128 valence electrons. The van der Waals surface area contributed by atoms with Crippen molar-refractivity contribution in [3.8, 4) is 11.3 Å². The van der Waals surface area contributed by atoms with Crippen molar-refractivity contribution in [1.82, 2.24) is 9.97 Å². The molecule has 0 spiro atoms. The Morgan fingerprint density at radius 2 is 1.56 bits per heavy atom. The molecule has 0 unspecified atom stereocenters. The molecule has 3 rings (SSSR count). The van der Waals surface area contributed by atoms with Gasteiger partial charge in [-0.3, -0.25) is 0 Å². The van der Waals surface area contributed by atoms with Gasteiger partial charge in [-0.15, -0.1) is 0 Å². The lowest BCUT2D eigenvalue weighted by Crippen LogP contribution is -2.04. The Morgan fingerprint density at radius 1 is 0.840 bits per heavy atom. The zero-order chi connectivity index (χ0) is 18.0. The Balaban J connectivity index is 1.85. The highest BCUT2D eigenvalue weighted by Crippen LogP contribution is 2.31. The molecule has 25 heavy (non-hydrogen) atoms. The van der Waals surface area contributed by atoms with Crippen molar-refractivity contribution < 1.29 is 13.2 Å². The van der Waals surface area contributed by atoms with E-state index in [1.54, 1.807) is 24.3 Å². The first kappa shape index (κ1) is 16.6. The Kier molecular flexibility index (Phi) is 4.18. The molecular formula is C17H14F3N5. The van der Waals surface area contributed by atoms with Crippen LogP contribution in [0.15, 0.2) is 54.9 Å². The molecule has 5 N–H and O–H groups in total. The van der Waals surface area contributed by atoms with Crippen LogP contribution in [0.25, 0.3) is 11.3 Å². The third-order valence-corrected chi connectivity index (χ3v) is 3.53. The topological polar surface area (TPSA) is 89.8 Å². The number of alkyl halides is 3. The highest BCUT2D eigenvalue weighted by Gasteiger charge is 2.30. The average molecular weight is 345 g/mol. The molecule has 0 saturated heterocycles. The van der Waals surface area contributed by atoms with E-state index in [1.165, 1.54) is 18.5 Å². The standard InChI is InChI=1S/C17H14F3N5/c18-17(19,20)11-3-1-10(2-4-11)15-8-16(24-9-23-15)25-12-5-6-13(21)14(22)7-12/h1-9H,21-22H2,(H,23,24,25). The largest absolute Gasteiger partial charge is 0.416 e. The molecule has 0 bridgehead atoms. The smallest absolute Gasteiger partial charge is 0.397 e. The number of halogens is 3. The summed E-state index contributed by atoms with van der Waals surface area (Å²) in [6, 6.07) is 11.5. The zero-order valence-electron chi connectivity index (χ0n) is 12.9. The van der Waals surface area contributed by atoms with Crippen LogP contribution in [0, 0.1) is 0 Å². The van der Waals surface area contributed by atoms with Crippen LogP contribution in [0.2, 0.25) is 0 Å². The van der Waals surface area contributed by atoms with Gasteiger partial charge >= 0.3 is 6.18 Å². The second-order valence-corrected chi connectivity index (χ2v) is 5.33. The van der Waals surface area contributed by atoms with Gasteiger partial charge in [-0.2, -0.15) is 13.2 Å². The van der Waals surface area contributed by atoms with Gasteiger partial charge in [0, 0.05) is 17.3 Å². The van der Waals surface area contributed by atoms with Gasteiger partial charge in [-0.1, -0.05) is 12.1 Å². The second-order valence-electron chi connectivity index (χ2n) is 5.33. The fourth-order valence-electron chi connectivity index (χ4n) is 2.21. The number of hydrogen-bond acceptors (Lipinski definition) is 5. The van der Waals surface area contributed by atoms with Gasteiger partial charge < -0.3 is 16.8 Å². The lowest BCUT2D eigenvalue weighted by atomic mass is 10.1. The highest BCUT2D eigenvalue weighted by atomic mass is 19.4. The van der Waals surface area contributed by atoms with Crippen molar-refractivity contribution in [2.24, 2.45) is 0 Å². The Bertz CT molecular complexity index is 892. The van der Waals surface area contributed by atoms with E-state index in [2.05, 4.69) is 15.3 Å². The van der Waals surface area contributed by atoms with E-state index in [-0.39, 0.29) is 0 Å². The molecule has 2 aromatic carbocycles. The zero-order valence-corrected chi connectivity index (χ0v) is 12.9. The van der Waals surface area contributed by atoms with Crippen LogP contribution in [0.5, 0.6) is 0 Å². The van der Waals surface area contributed by atoms with Crippen LogP contribution < -0.4 is 16.8 Å². The lowest BCUT2D eigenvalue weighted by Gasteiger charge is -2.10. The van der Waals surface area contributed by atoms with Crippen LogP contribution in [-0.4, -0.2) is 9.97 Å². The number of nitrogen functional groups attached to an aromatic ring is 2. The molecule has 5 nitrogen and oxygen atoms in total. The molecule has 1 aromatic heterocycles. The minimum atomic E-state index is -4.37. The minimum absolute atomic E-state index is 0.432. The number of anilines is 4. The van der Waals surface area contributed by atoms with Gasteiger partial charge in [0.05, 0.1) is 22.6 Å². The number of hydrogen-bond donors (Lipinski definition) is 3. The molecule has 0 radical (unpaired) electrons. The van der Waals surface area contributed by atoms with Crippen molar-refractivity contribution in [1.29, 1.82) is 0 Å². The van der Waals surface area contributed by atoms with E-state index >= 15 is 0 Å². The van der Waals surface area contributed by atoms with E-state index in [4.69, 9.17) is 11.5 Å². The minimum Gasteiger partial charge on any atom is -0.397 e. The molecule has 0 amide bonds. The van der Waals surface area contributed by atoms with E-state index < -0.39 is 11.7 Å². The van der Waals surface area contributed by atoms with Crippen molar-refractivity contribution in [3.63, 3.8) is 0 Å². The summed E-state index contributed by atoms with van der Waals surface area (Å²) in [5, 5.41) is 3.05. The summed E-state index contributed by atoms with van der Waals surface area (Å²) < 4.78 is 37.9.